The Morgan fingerprint density at radius 3 is 2.45 bits per heavy atom. The van der Waals surface area contributed by atoms with E-state index in [-0.39, 0.29) is 0 Å². The van der Waals surface area contributed by atoms with Crippen LogP contribution in [0.1, 0.15) is 6.92 Å². The molecule has 0 bridgehead atoms. The third-order valence-corrected chi connectivity index (χ3v) is 5.26. The number of hydrogen-bond acceptors (Lipinski definition) is 2. The molecule has 1 aromatic heterocycles. The minimum atomic E-state index is 0.668. The Labute approximate surface area is 173 Å². The van der Waals surface area contributed by atoms with Crippen molar-refractivity contribution in [2.75, 3.05) is 0 Å². The topological polar surface area (TPSA) is 23.4 Å². The lowest BCUT2D eigenvalue weighted by atomic mass is 10.1. The number of halogens is 1. The molecule has 0 saturated heterocycles. The van der Waals surface area contributed by atoms with Gasteiger partial charge in [-0.1, -0.05) is 48.5 Å². The second kappa shape index (κ2) is 6.87. The largest absolute Gasteiger partial charge is 0.454 e. The SMILES string of the molecule is C=C/C=C\C1=C(C)Oc2cc3c(cc2O1)c1cc(Cl)ccc1n3-c1ccccc1. The fourth-order valence-electron chi connectivity index (χ4n) is 3.73. The molecule has 0 spiro atoms. The van der Waals surface area contributed by atoms with E-state index < -0.39 is 0 Å². The fourth-order valence-corrected chi connectivity index (χ4v) is 3.90. The van der Waals surface area contributed by atoms with E-state index in [1.807, 2.05) is 67.6 Å². The van der Waals surface area contributed by atoms with Gasteiger partial charge in [0.05, 0.1) is 11.0 Å². The van der Waals surface area contributed by atoms with Crippen molar-refractivity contribution in [3.63, 3.8) is 0 Å². The molecule has 3 aromatic carbocycles. The van der Waals surface area contributed by atoms with Crippen LogP contribution in [0.4, 0.5) is 0 Å². The van der Waals surface area contributed by atoms with E-state index in [4.69, 9.17) is 21.1 Å². The highest BCUT2D eigenvalue weighted by Crippen LogP contribution is 2.43. The minimum Gasteiger partial charge on any atom is -0.454 e. The van der Waals surface area contributed by atoms with Gasteiger partial charge in [0.2, 0.25) is 0 Å². The van der Waals surface area contributed by atoms with E-state index in [1.165, 1.54) is 0 Å². The lowest BCUT2D eigenvalue weighted by Crippen LogP contribution is -2.08. The molecule has 2 heterocycles. The van der Waals surface area contributed by atoms with Gasteiger partial charge in [-0.25, -0.2) is 0 Å². The lowest BCUT2D eigenvalue weighted by molar-refractivity contribution is 0.307. The number of para-hydroxylation sites is 1. The predicted molar refractivity (Wildman–Crippen MR) is 119 cm³/mol. The van der Waals surface area contributed by atoms with Gasteiger partial charge in [-0.2, -0.15) is 0 Å². The molecule has 3 nitrogen and oxygen atoms in total. The maximum absolute atomic E-state index is 6.33. The molecule has 0 fully saturated rings. The van der Waals surface area contributed by atoms with Crippen molar-refractivity contribution in [1.82, 2.24) is 4.57 Å². The zero-order valence-electron chi connectivity index (χ0n) is 15.9. The summed E-state index contributed by atoms with van der Waals surface area (Å²) in [7, 11) is 0. The summed E-state index contributed by atoms with van der Waals surface area (Å²) in [6.07, 6.45) is 5.38. The average molecular weight is 400 g/mol. The molecule has 0 amide bonds. The van der Waals surface area contributed by atoms with Gasteiger partial charge in [-0.05, 0) is 49.4 Å². The molecule has 0 saturated carbocycles. The van der Waals surface area contributed by atoms with Crippen molar-refractivity contribution >= 4 is 33.4 Å². The van der Waals surface area contributed by atoms with E-state index in [9.17, 15) is 0 Å². The van der Waals surface area contributed by atoms with Gasteiger partial charge >= 0.3 is 0 Å². The zero-order valence-corrected chi connectivity index (χ0v) is 16.6. The smallest absolute Gasteiger partial charge is 0.171 e. The third kappa shape index (κ3) is 2.91. The maximum Gasteiger partial charge on any atom is 0.171 e. The van der Waals surface area contributed by atoms with Crippen molar-refractivity contribution in [2.45, 2.75) is 6.92 Å². The molecule has 142 valence electrons. The Morgan fingerprint density at radius 1 is 0.897 bits per heavy atom. The van der Waals surface area contributed by atoms with Crippen molar-refractivity contribution in [3.05, 3.63) is 102 Å². The number of nitrogens with zero attached hydrogens (tertiary/aromatic N) is 1. The van der Waals surface area contributed by atoms with E-state index in [1.54, 1.807) is 6.08 Å². The van der Waals surface area contributed by atoms with Crippen LogP contribution in [-0.4, -0.2) is 4.57 Å². The second-order valence-corrected chi connectivity index (χ2v) is 7.30. The first-order valence-electron chi connectivity index (χ1n) is 9.34. The first-order chi connectivity index (χ1) is 14.2. The molecule has 4 heteroatoms. The summed E-state index contributed by atoms with van der Waals surface area (Å²) in [4.78, 5) is 0. The number of rotatable bonds is 3. The number of hydrogen-bond donors (Lipinski definition) is 0. The van der Waals surface area contributed by atoms with Gasteiger partial charge in [-0.3, -0.25) is 0 Å². The van der Waals surface area contributed by atoms with Crippen LogP contribution in [0.5, 0.6) is 11.5 Å². The van der Waals surface area contributed by atoms with Crippen molar-refractivity contribution in [1.29, 1.82) is 0 Å². The van der Waals surface area contributed by atoms with E-state index in [0.717, 1.165) is 27.5 Å². The van der Waals surface area contributed by atoms with E-state index >= 15 is 0 Å². The molecular weight excluding hydrogens is 382 g/mol. The predicted octanol–water partition coefficient (Wildman–Crippen LogP) is 7.18. The number of allylic oxidation sites excluding steroid dienone is 4. The molecule has 0 radical (unpaired) electrons. The van der Waals surface area contributed by atoms with Crippen LogP contribution in [0.3, 0.4) is 0 Å². The summed E-state index contributed by atoms with van der Waals surface area (Å²) in [5.74, 6) is 2.75. The molecule has 29 heavy (non-hydrogen) atoms. The van der Waals surface area contributed by atoms with Crippen molar-refractivity contribution in [3.8, 4) is 17.2 Å². The monoisotopic (exact) mass is 399 g/mol. The number of fused-ring (bicyclic) bond motifs is 4. The van der Waals surface area contributed by atoms with Gasteiger partial charge in [0.15, 0.2) is 17.3 Å². The van der Waals surface area contributed by atoms with Crippen molar-refractivity contribution in [2.24, 2.45) is 0 Å². The van der Waals surface area contributed by atoms with E-state index in [0.29, 0.717) is 28.0 Å². The van der Waals surface area contributed by atoms with E-state index in [2.05, 4.69) is 23.3 Å². The zero-order chi connectivity index (χ0) is 20.0. The highest BCUT2D eigenvalue weighted by atomic mass is 35.5. The van der Waals surface area contributed by atoms with Crippen LogP contribution < -0.4 is 9.47 Å². The molecule has 1 aliphatic heterocycles. The standard InChI is InChI=1S/C25H18ClNO2/c1-3-4-10-23-16(2)28-25-15-22-20(14-24(25)29-23)19-13-17(26)11-12-21(19)27(22)18-8-6-5-7-9-18/h3-15H,1H2,2H3/b10-4-. The molecule has 0 N–H and O–H groups in total. The first kappa shape index (κ1) is 17.7. The second-order valence-electron chi connectivity index (χ2n) is 6.87. The van der Waals surface area contributed by atoms with Crippen LogP contribution in [-0.2, 0) is 0 Å². The summed E-state index contributed by atoms with van der Waals surface area (Å²) >= 11 is 6.33. The van der Waals surface area contributed by atoms with Crippen LogP contribution >= 0.6 is 11.6 Å². The maximum atomic E-state index is 6.33. The first-order valence-corrected chi connectivity index (χ1v) is 9.72. The molecule has 0 aliphatic carbocycles. The van der Waals surface area contributed by atoms with Gasteiger partial charge in [0.25, 0.3) is 0 Å². The van der Waals surface area contributed by atoms with Crippen LogP contribution in [0.15, 0.2) is 97.0 Å². The summed E-state index contributed by atoms with van der Waals surface area (Å²) < 4.78 is 14.4. The molecular formula is C25H18ClNO2. The lowest BCUT2D eigenvalue weighted by Gasteiger charge is -2.21. The number of ether oxygens (including phenoxy) is 2. The molecule has 5 rings (SSSR count). The Bertz CT molecular complexity index is 1330. The summed E-state index contributed by atoms with van der Waals surface area (Å²) in [5.41, 5.74) is 3.19. The summed E-state index contributed by atoms with van der Waals surface area (Å²) in [6, 6.07) is 20.3. The summed E-state index contributed by atoms with van der Waals surface area (Å²) in [5, 5.41) is 2.82. The minimum absolute atomic E-state index is 0.668. The van der Waals surface area contributed by atoms with Crippen LogP contribution in [0, 0.1) is 0 Å². The Kier molecular flexibility index (Phi) is 4.18. The highest BCUT2D eigenvalue weighted by molar-refractivity contribution is 6.32. The van der Waals surface area contributed by atoms with Crippen LogP contribution in [0.2, 0.25) is 5.02 Å². The van der Waals surface area contributed by atoms with Gasteiger partial charge in [0.1, 0.15) is 5.76 Å². The van der Waals surface area contributed by atoms with Crippen molar-refractivity contribution < 1.29 is 9.47 Å². The molecule has 1 aliphatic rings. The Balaban J connectivity index is 1.79. The average Bonchev–Trinajstić information content (AvgIpc) is 3.04. The highest BCUT2D eigenvalue weighted by Gasteiger charge is 2.22. The Hall–Kier alpha value is -3.43. The molecule has 4 aromatic rings. The third-order valence-electron chi connectivity index (χ3n) is 5.02. The van der Waals surface area contributed by atoms with Crippen LogP contribution in [0.25, 0.3) is 27.5 Å². The van der Waals surface area contributed by atoms with Gasteiger partial charge in [-0.15, -0.1) is 0 Å². The normalized spacial score (nSPS) is 13.6. The Morgan fingerprint density at radius 2 is 1.66 bits per heavy atom. The van der Waals surface area contributed by atoms with Gasteiger partial charge in [0, 0.05) is 27.5 Å². The number of aromatic nitrogens is 1. The summed E-state index contributed by atoms with van der Waals surface area (Å²) in [6.45, 7) is 5.60. The fraction of sp³-hybridized carbons (Fsp3) is 0.0400. The molecule has 0 atom stereocenters. The quantitative estimate of drug-likeness (QED) is 0.340. The number of benzene rings is 3. The molecule has 0 unspecified atom stereocenters. The van der Waals surface area contributed by atoms with Gasteiger partial charge < -0.3 is 14.0 Å².